The summed E-state index contributed by atoms with van der Waals surface area (Å²) in [6.45, 7) is 0. The molecule has 0 saturated heterocycles. The van der Waals surface area contributed by atoms with Gasteiger partial charge in [-0.15, -0.1) is 0 Å². The molecule has 1 heterocycles. The summed E-state index contributed by atoms with van der Waals surface area (Å²) in [5, 5.41) is 34.9. The molecule has 2 aromatic carbocycles. The molecule has 0 bridgehead atoms. The number of hydrogen-bond acceptors (Lipinski definition) is 8. The molecule has 0 amide bonds. The van der Waals surface area contributed by atoms with Gasteiger partial charge in [0.1, 0.15) is 17.2 Å². The molecule has 0 aliphatic heterocycles. The average molecular weight is 377 g/mol. The molecular formula is C18H11N5O5. The summed E-state index contributed by atoms with van der Waals surface area (Å²) in [5.74, 6) is 0.819. The highest BCUT2D eigenvalue weighted by molar-refractivity contribution is 5.79. The van der Waals surface area contributed by atoms with Crippen LogP contribution in [0.5, 0.6) is 0 Å². The third-order valence-corrected chi connectivity index (χ3v) is 3.71. The topological polar surface area (TPSA) is 148 Å². The molecule has 1 aromatic heterocycles. The highest BCUT2D eigenvalue weighted by atomic mass is 16.6. The Kier molecular flexibility index (Phi) is 5.09. The van der Waals surface area contributed by atoms with Crippen molar-refractivity contribution in [2.45, 2.75) is 0 Å². The van der Waals surface area contributed by atoms with Crippen LogP contribution in [-0.2, 0) is 0 Å². The number of benzene rings is 2. The van der Waals surface area contributed by atoms with Crippen LogP contribution in [0.25, 0.3) is 11.3 Å². The second-order valence-corrected chi connectivity index (χ2v) is 5.45. The number of anilines is 1. The van der Waals surface area contributed by atoms with E-state index >= 15 is 0 Å². The Labute approximate surface area is 157 Å². The summed E-state index contributed by atoms with van der Waals surface area (Å²) in [7, 11) is 0. The minimum atomic E-state index is -0.741. The minimum Gasteiger partial charge on any atom is -0.455 e. The summed E-state index contributed by atoms with van der Waals surface area (Å²) in [6, 6.07) is 15.5. The maximum Gasteiger partial charge on any atom is 0.301 e. The van der Waals surface area contributed by atoms with E-state index in [0.29, 0.717) is 22.6 Å². The molecule has 138 valence electrons. The van der Waals surface area contributed by atoms with E-state index in [1.165, 1.54) is 12.3 Å². The largest absolute Gasteiger partial charge is 0.455 e. The number of hydrazone groups is 1. The van der Waals surface area contributed by atoms with Crippen LogP contribution in [-0.4, -0.2) is 16.1 Å². The SMILES string of the molecule is N#Cc1ccccc1-c1ccc(/C=N/Nc2ccc([N+](=O)[O-])cc2[N+](=O)[O-])o1. The lowest BCUT2D eigenvalue weighted by Gasteiger charge is -2.01. The van der Waals surface area contributed by atoms with Crippen LogP contribution in [0.15, 0.2) is 64.1 Å². The lowest BCUT2D eigenvalue weighted by molar-refractivity contribution is -0.393. The number of rotatable bonds is 6. The van der Waals surface area contributed by atoms with E-state index in [1.54, 1.807) is 36.4 Å². The average Bonchev–Trinajstić information content (AvgIpc) is 3.16. The molecule has 0 unspecified atom stereocenters. The van der Waals surface area contributed by atoms with Gasteiger partial charge < -0.3 is 4.42 Å². The smallest absolute Gasteiger partial charge is 0.301 e. The van der Waals surface area contributed by atoms with E-state index in [0.717, 1.165) is 12.1 Å². The van der Waals surface area contributed by atoms with Crippen LogP contribution in [0.3, 0.4) is 0 Å². The van der Waals surface area contributed by atoms with Gasteiger partial charge in [0.2, 0.25) is 0 Å². The minimum absolute atomic E-state index is 0.00606. The van der Waals surface area contributed by atoms with Crippen LogP contribution >= 0.6 is 0 Å². The Morgan fingerprint density at radius 3 is 2.57 bits per heavy atom. The molecule has 0 saturated carbocycles. The van der Waals surface area contributed by atoms with Gasteiger partial charge in [0, 0.05) is 11.6 Å². The van der Waals surface area contributed by atoms with E-state index in [1.807, 2.05) is 0 Å². The third-order valence-electron chi connectivity index (χ3n) is 3.71. The molecule has 10 nitrogen and oxygen atoms in total. The van der Waals surface area contributed by atoms with Gasteiger partial charge in [-0.25, -0.2) is 0 Å². The number of nitrogens with one attached hydrogen (secondary N) is 1. The zero-order valence-corrected chi connectivity index (χ0v) is 14.1. The number of non-ortho nitro benzene ring substituents is 1. The van der Waals surface area contributed by atoms with Crippen molar-refractivity contribution in [1.82, 2.24) is 0 Å². The number of furan rings is 1. The lowest BCUT2D eigenvalue weighted by Crippen LogP contribution is -1.98. The lowest BCUT2D eigenvalue weighted by atomic mass is 10.1. The second kappa shape index (κ2) is 7.79. The first-order chi connectivity index (χ1) is 13.5. The van der Waals surface area contributed by atoms with Crippen molar-refractivity contribution in [1.29, 1.82) is 5.26 Å². The Morgan fingerprint density at radius 1 is 1.07 bits per heavy atom. The maximum atomic E-state index is 11.1. The van der Waals surface area contributed by atoms with E-state index in [-0.39, 0.29) is 5.69 Å². The van der Waals surface area contributed by atoms with Crippen LogP contribution in [0.1, 0.15) is 11.3 Å². The zero-order chi connectivity index (χ0) is 20.1. The summed E-state index contributed by atoms with van der Waals surface area (Å²) in [6.07, 6.45) is 1.30. The van der Waals surface area contributed by atoms with Crippen molar-refractivity contribution >= 4 is 23.3 Å². The van der Waals surface area contributed by atoms with Crippen molar-refractivity contribution < 1.29 is 14.3 Å². The van der Waals surface area contributed by atoms with Crippen LogP contribution < -0.4 is 5.43 Å². The number of nitro groups is 2. The van der Waals surface area contributed by atoms with Crippen molar-refractivity contribution in [2.75, 3.05) is 5.43 Å². The van der Waals surface area contributed by atoms with E-state index in [4.69, 9.17) is 9.68 Å². The van der Waals surface area contributed by atoms with Crippen molar-refractivity contribution in [2.24, 2.45) is 5.10 Å². The molecule has 10 heteroatoms. The van der Waals surface area contributed by atoms with Gasteiger partial charge in [0.15, 0.2) is 0 Å². The predicted molar refractivity (Wildman–Crippen MR) is 99.8 cm³/mol. The highest BCUT2D eigenvalue weighted by Gasteiger charge is 2.19. The van der Waals surface area contributed by atoms with E-state index in [9.17, 15) is 20.2 Å². The Bertz CT molecular complexity index is 1130. The maximum absolute atomic E-state index is 11.1. The van der Waals surface area contributed by atoms with Gasteiger partial charge in [-0.3, -0.25) is 25.7 Å². The standard InChI is InChI=1S/C18H11N5O5/c19-10-12-3-1-2-4-15(12)18-8-6-14(28-18)11-20-21-16-7-5-13(22(24)25)9-17(16)23(26)27/h1-9,11,21H/b20-11+. The summed E-state index contributed by atoms with van der Waals surface area (Å²) in [4.78, 5) is 20.4. The Hall–Kier alpha value is -4.52. The van der Waals surface area contributed by atoms with Gasteiger partial charge in [-0.05, 0) is 30.3 Å². The number of hydrogen-bond donors (Lipinski definition) is 1. The molecule has 0 aliphatic rings. The Balaban J connectivity index is 1.79. The molecule has 28 heavy (non-hydrogen) atoms. The first kappa shape index (κ1) is 18.3. The molecule has 3 rings (SSSR count). The van der Waals surface area contributed by atoms with Gasteiger partial charge >= 0.3 is 5.69 Å². The van der Waals surface area contributed by atoms with Gasteiger partial charge in [0.25, 0.3) is 5.69 Å². The molecule has 0 atom stereocenters. The summed E-state index contributed by atoms with van der Waals surface area (Å²) in [5.41, 5.74) is 2.68. The van der Waals surface area contributed by atoms with E-state index in [2.05, 4.69) is 16.6 Å². The molecule has 0 fully saturated rings. The van der Waals surface area contributed by atoms with Gasteiger partial charge in [0.05, 0.1) is 33.8 Å². The second-order valence-electron chi connectivity index (χ2n) is 5.45. The fourth-order valence-electron chi connectivity index (χ4n) is 2.41. The number of nitro benzene ring substituents is 2. The van der Waals surface area contributed by atoms with Crippen LogP contribution in [0, 0.1) is 31.6 Å². The molecule has 1 N–H and O–H groups in total. The van der Waals surface area contributed by atoms with Gasteiger partial charge in [-0.2, -0.15) is 10.4 Å². The summed E-state index contributed by atoms with van der Waals surface area (Å²) < 4.78 is 5.61. The Morgan fingerprint density at radius 2 is 1.86 bits per heavy atom. The van der Waals surface area contributed by atoms with E-state index < -0.39 is 21.2 Å². The third kappa shape index (κ3) is 3.83. The monoisotopic (exact) mass is 377 g/mol. The predicted octanol–water partition coefficient (Wildman–Crippen LogP) is 4.08. The van der Waals surface area contributed by atoms with Gasteiger partial charge in [-0.1, -0.05) is 12.1 Å². The van der Waals surface area contributed by atoms with Crippen LogP contribution in [0.4, 0.5) is 17.1 Å². The fraction of sp³-hybridized carbons (Fsp3) is 0. The van der Waals surface area contributed by atoms with Crippen molar-refractivity contribution in [3.8, 4) is 17.4 Å². The first-order valence-corrected chi connectivity index (χ1v) is 7.81. The quantitative estimate of drug-likeness (QED) is 0.386. The number of nitriles is 1. The normalized spacial score (nSPS) is 10.5. The zero-order valence-electron chi connectivity index (χ0n) is 14.1. The molecule has 3 aromatic rings. The highest BCUT2D eigenvalue weighted by Crippen LogP contribution is 2.29. The first-order valence-electron chi connectivity index (χ1n) is 7.81. The summed E-state index contributed by atoms with van der Waals surface area (Å²) >= 11 is 0. The van der Waals surface area contributed by atoms with Crippen molar-refractivity contribution in [3.05, 3.63) is 86.1 Å². The number of nitrogens with zero attached hydrogens (tertiary/aromatic N) is 4. The molecule has 0 aliphatic carbocycles. The fourth-order valence-corrected chi connectivity index (χ4v) is 2.41. The molecular weight excluding hydrogens is 366 g/mol. The van der Waals surface area contributed by atoms with Crippen LogP contribution in [0.2, 0.25) is 0 Å². The van der Waals surface area contributed by atoms with Crippen molar-refractivity contribution in [3.63, 3.8) is 0 Å². The molecule has 0 radical (unpaired) electrons. The molecule has 0 spiro atoms.